The Morgan fingerprint density at radius 1 is 1.14 bits per heavy atom. The molecular formula is C20H17ClN6O. The van der Waals surface area contributed by atoms with Crippen LogP contribution in [0.2, 0.25) is 5.28 Å². The fourth-order valence-electron chi connectivity index (χ4n) is 2.80. The van der Waals surface area contributed by atoms with Crippen molar-refractivity contribution >= 4 is 34.8 Å². The molecule has 2 aromatic carbocycles. The zero-order chi connectivity index (χ0) is 19.5. The summed E-state index contributed by atoms with van der Waals surface area (Å²) >= 11 is 6.13. The maximum Gasteiger partial charge on any atom is 0.226 e. The summed E-state index contributed by atoms with van der Waals surface area (Å²) in [6.07, 6.45) is 3.39. The van der Waals surface area contributed by atoms with Crippen LogP contribution in [-0.4, -0.2) is 32.8 Å². The molecule has 4 aromatic rings. The minimum absolute atomic E-state index is 0.107. The molecule has 0 unspecified atom stereocenters. The van der Waals surface area contributed by atoms with Gasteiger partial charge in [0.05, 0.1) is 13.3 Å². The minimum Gasteiger partial charge on any atom is -0.497 e. The van der Waals surface area contributed by atoms with Crippen LogP contribution in [0.4, 0.5) is 5.82 Å². The van der Waals surface area contributed by atoms with Crippen LogP contribution in [0, 0.1) is 6.92 Å². The second-order valence-electron chi connectivity index (χ2n) is 6.11. The second-order valence-corrected chi connectivity index (χ2v) is 6.45. The number of imidazole rings is 1. The molecule has 0 amide bonds. The molecule has 0 bridgehead atoms. The lowest BCUT2D eigenvalue weighted by atomic mass is 10.2. The summed E-state index contributed by atoms with van der Waals surface area (Å²) in [5, 5.41) is 4.37. The highest BCUT2D eigenvalue weighted by Gasteiger charge is 2.13. The van der Waals surface area contributed by atoms with Gasteiger partial charge < -0.3 is 4.74 Å². The van der Waals surface area contributed by atoms with Gasteiger partial charge in [0, 0.05) is 5.69 Å². The normalized spacial score (nSPS) is 11.2. The van der Waals surface area contributed by atoms with Crippen molar-refractivity contribution in [2.45, 2.75) is 6.92 Å². The van der Waals surface area contributed by atoms with Crippen molar-refractivity contribution in [2.75, 3.05) is 12.5 Å². The number of hydrogen-bond donors (Lipinski definition) is 1. The van der Waals surface area contributed by atoms with Crippen LogP contribution >= 0.6 is 11.6 Å². The molecular weight excluding hydrogens is 376 g/mol. The molecule has 0 spiro atoms. The van der Waals surface area contributed by atoms with Crippen LogP contribution in [0.5, 0.6) is 5.75 Å². The van der Waals surface area contributed by atoms with E-state index in [0.717, 1.165) is 22.6 Å². The maximum absolute atomic E-state index is 6.13. The van der Waals surface area contributed by atoms with E-state index in [9.17, 15) is 0 Å². The first-order chi connectivity index (χ1) is 13.6. The van der Waals surface area contributed by atoms with Gasteiger partial charge in [-0.05, 0) is 48.4 Å². The quantitative estimate of drug-likeness (QED) is 0.312. The highest BCUT2D eigenvalue weighted by atomic mass is 35.5. The Bertz CT molecular complexity index is 1150. The van der Waals surface area contributed by atoms with Crippen LogP contribution in [0.15, 0.2) is 60.0 Å². The van der Waals surface area contributed by atoms with Crippen molar-refractivity contribution in [3.63, 3.8) is 0 Å². The van der Waals surface area contributed by atoms with Crippen molar-refractivity contribution in [2.24, 2.45) is 5.10 Å². The number of hydrogen-bond acceptors (Lipinski definition) is 6. The minimum atomic E-state index is 0.107. The first-order valence-electron chi connectivity index (χ1n) is 8.55. The topological polar surface area (TPSA) is 77.2 Å². The highest BCUT2D eigenvalue weighted by molar-refractivity contribution is 6.28. The molecule has 2 heterocycles. The smallest absolute Gasteiger partial charge is 0.226 e. The lowest BCUT2D eigenvalue weighted by molar-refractivity contribution is 0.415. The van der Waals surface area contributed by atoms with Gasteiger partial charge in [-0.2, -0.15) is 15.1 Å². The van der Waals surface area contributed by atoms with Gasteiger partial charge in [-0.25, -0.2) is 4.98 Å². The van der Waals surface area contributed by atoms with Gasteiger partial charge in [0.1, 0.15) is 12.1 Å². The Labute approximate surface area is 166 Å². The monoisotopic (exact) mass is 392 g/mol. The van der Waals surface area contributed by atoms with Gasteiger partial charge in [0.25, 0.3) is 0 Å². The Morgan fingerprint density at radius 2 is 1.96 bits per heavy atom. The van der Waals surface area contributed by atoms with Crippen LogP contribution in [0.25, 0.3) is 16.9 Å². The number of benzene rings is 2. The number of nitrogens with one attached hydrogen (secondary N) is 1. The van der Waals surface area contributed by atoms with Gasteiger partial charge in [-0.15, -0.1) is 0 Å². The Kier molecular flexibility index (Phi) is 4.90. The molecule has 0 aliphatic heterocycles. The number of methoxy groups -OCH3 is 1. The van der Waals surface area contributed by atoms with Crippen LogP contribution in [0.1, 0.15) is 11.1 Å². The number of anilines is 1. The number of hydrazone groups is 1. The molecule has 7 nitrogen and oxygen atoms in total. The molecule has 0 saturated carbocycles. The average Bonchev–Trinajstić information content (AvgIpc) is 3.12. The van der Waals surface area contributed by atoms with E-state index in [1.54, 1.807) is 19.7 Å². The molecule has 0 radical (unpaired) electrons. The first kappa shape index (κ1) is 17.9. The standard InChI is InChI=1S/C20H17ClN6O/c1-13-4-3-5-14(10-13)11-23-26-18-17-19(25-20(21)24-18)27(12-22-17)15-6-8-16(28-2)9-7-15/h3-12H,1-2H3,(H,24,25,26)/b23-11+. The zero-order valence-electron chi connectivity index (χ0n) is 15.3. The molecule has 0 fully saturated rings. The van der Waals surface area contributed by atoms with E-state index in [1.807, 2.05) is 60.0 Å². The van der Waals surface area contributed by atoms with E-state index in [-0.39, 0.29) is 5.28 Å². The summed E-state index contributed by atoms with van der Waals surface area (Å²) in [4.78, 5) is 13.0. The molecule has 0 aliphatic rings. The highest BCUT2D eigenvalue weighted by Crippen LogP contribution is 2.24. The molecule has 1 N–H and O–H groups in total. The summed E-state index contributed by atoms with van der Waals surface area (Å²) in [5.41, 5.74) is 7.09. The summed E-state index contributed by atoms with van der Waals surface area (Å²) in [6, 6.07) is 15.6. The SMILES string of the molecule is COc1ccc(-n2cnc3c(N/N=C/c4cccc(C)c4)nc(Cl)nc32)cc1. The van der Waals surface area contributed by atoms with Crippen LogP contribution in [-0.2, 0) is 0 Å². The summed E-state index contributed by atoms with van der Waals surface area (Å²) in [5.74, 6) is 1.21. The van der Waals surface area contributed by atoms with E-state index in [2.05, 4.69) is 25.5 Å². The van der Waals surface area contributed by atoms with Gasteiger partial charge in [-0.3, -0.25) is 9.99 Å². The lowest BCUT2D eigenvalue weighted by Gasteiger charge is -2.06. The third-order valence-electron chi connectivity index (χ3n) is 4.15. The van der Waals surface area contributed by atoms with E-state index in [4.69, 9.17) is 16.3 Å². The first-order valence-corrected chi connectivity index (χ1v) is 8.92. The third-order valence-corrected chi connectivity index (χ3v) is 4.31. The van der Waals surface area contributed by atoms with Crippen molar-refractivity contribution in [3.05, 3.63) is 71.3 Å². The van der Waals surface area contributed by atoms with Gasteiger partial charge >= 0.3 is 0 Å². The largest absolute Gasteiger partial charge is 0.497 e. The summed E-state index contributed by atoms with van der Waals surface area (Å²) in [6.45, 7) is 2.03. The molecule has 28 heavy (non-hydrogen) atoms. The van der Waals surface area contributed by atoms with Crippen LogP contribution in [0.3, 0.4) is 0 Å². The van der Waals surface area contributed by atoms with E-state index in [1.165, 1.54) is 0 Å². The van der Waals surface area contributed by atoms with Crippen molar-refractivity contribution < 1.29 is 4.74 Å². The fourth-order valence-corrected chi connectivity index (χ4v) is 2.97. The van der Waals surface area contributed by atoms with Crippen LogP contribution < -0.4 is 10.2 Å². The lowest BCUT2D eigenvalue weighted by Crippen LogP contribution is -1.99. The molecule has 0 saturated heterocycles. The number of nitrogens with zero attached hydrogens (tertiary/aromatic N) is 5. The van der Waals surface area contributed by atoms with E-state index < -0.39 is 0 Å². The number of ether oxygens (including phenoxy) is 1. The molecule has 8 heteroatoms. The predicted octanol–water partition coefficient (Wildman–Crippen LogP) is 4.23. The molecule has 0 atom stereocenters. The molecule has 0 aliphatic carbocycles. The van der Waals surface area contributed by atoms with Crippen molar-refractivity contribution in [3.8, 4) is 11.4 Å². The fraction of sp³-hybridized carbons (Fsp3) is 0.100. The maximum atomic E-state index is 6.13. The van der Waals surface area contributed by atoms with Gasteiger partial charge in [0.15, 0.2) is 17.0 Å². The number of rotatable bonds is 5. The zero-order valence-corrected chi connectivity index (χ0v) is 16.1. The van der Waals surface area contributed by atoms with E-state index >= 15 is 0 Å². The Hall–Kier alpha value is -3.45. The Balaban J connectivity index is 1.67. The third kappa shape index (κ3) is 3.65. The summed E-state index contributed by atoms with van der Waals surface area (Å²) in [7, 11) is 1.63. The van der Waals surface area contributed by atoms with Gasteiger partial charge in [0.2, 0.25) is 5.28 Å². The molecule has 4 rings (SSSR count). The predicted molar refractivity (Wildman–Crippen MR) is 111 cm³/mol. The van der Waals surface area contributed by atoms with Crippen molar-refractivity contribution in [1.82, 2.24) is 19.5 Å². The molecule has 140 valence electrons. The summed E-state index contributed by atoms with van der Waals surface area (Å²) < 4.78 is 7.03. The van der Waals surface area contributed by atoms with Gasteiger partial charge in [-0.1, -0.05) is 29.8 Å². The second kappa shape index (κ2) is 7.66. The average molecular weight is 393 g/mol. The number of fused-ring (bicyclic) bond motifs is 1. The Morgan fingerprint density at radius 3 is 2.71 bits per heavy atom. The number of aromatic nitrogens is 4. The van der Waals surface area contributed by atoms with Crippen molar-refractivity contribution in [1.29, 1.82) is 0 Å². The number of halogens is 1. The van der Waals surface area contributed by atoms with E-state index in [0.29, 0.717) is 17.0 Å². The number of aryl methyl sites for hydroxylation is 1. The molecule has 2 aromatic heterocycles.